The summed E-state index contributed by atoms with van der Waals surface area (Å²) in [6.45, 7) is 9.88. The summed E-state index contributed by atoms with van der Waals surface area (Å²) < 4.78 is 0. The molecule has 0 heterocycles. The number of hydrogen-bond donors (Lipinski definition) is 0. The number of rotatable bonds is 5. The lowest BCUT2D eigenvalue weighted by Gasteiger charge is -2.36. The number of hydrogen-bond acceptors (Lipinski definition) is 2. The van der Waals surface area contributed by atoms with Crippen LogP contribution in [-0.2, 0) is 4.79 Å². The van der Waals surface area contributed by atoms with E-state index >= 15 is 0 Å². The molecule has 0 aromatic carbocycles. The molecule has 0 amide bonds. The van der Waals surface area contributed by atoms with Crippen LogP contribution < -0.4 is 0 Å². The van der Waals surface area contributed by atoms with Crippen molar-refractivity contribution >= 4 is 5.78 Å². The van der Waals surface area contributed by atoms with Gasteiger partial charge in [-0.15, -0.1) is 0 Å². The normalized spacial score (nSPS) is 30.3. The van der Waals surface area contributed by atoms with E-state index in [9.17, 15) is 4.79 Å². The van der Waals surface area contributed by atoms with Gasteiger partial charge in [0.2, 0.25) is 0 Å². The predicted octanol–water partition coefficient (Wildman–Crippen LogP) is 3.36. The molecular formula is C15H29NO. The Morgan fingerprint density at radius 3 is 2.35 bits per heavy atom. The lowest BCUT2D eigenvalue weighted by molar-refractivity contribution is -0.128. The van der Waals surface area contributed by atoms with Crippen LogP contribution in [0.25, 0.3) is 0 Å². The molecule has 1 aliphatic carbocycles. The second-order valence-electron chi connectivity index (χ2n) is 6.00. The smallest absolute Gasteiger partial charge is 0.137 e. The number of ketones is 1. The molecule has 1 rings (SSSR count). The van der Waals surface area contributed by atoms with Crippen molar-refractivity contribution in [2.75, 3.05) is 13.6 Å². The van der Waals surface area contributed by atoms with E-state index in [-0.39, 0.29) is 5.92 Å². The van der Waals surface area contributed by atoms with Crippen LogP contribution >= 0.6 is 0 Å². The summed E-state index contributed by atoms with van der Waals surface area (Å²) in [6.07, 6.45) is 4.37. The zero-order chi connectivity index (χ0) is 13.0. The topological polar surface area (TPSA) is 20.3 Å². The molecule has 0 aromatic rings. The largest absolute Gasteiger partial charge is 0.303 e. The molecule has 3 atom stereocenters. The highest BCUT2D eigenvalue weighted by atomic mass is 16.1. The van der Waals surface area contributed by atoms with Crippen molar-refractivity contribution < 1.29 is 4.79 Å². The van der Waals surface area contributed by atoms with Crippen LogP contribution in [0.4, 0.5) is 0 Å². The first kappa shape index (κ1) is 14.7. The summed E-state index contributed by atoms with van der Waals surface area (Å²) in [4.78, 5) is 14.5. The minimum Gasteiger partial charge on any atom is -0.303 e. The van der Waals surface area contributed by atoms with Crippen molar-refractivity contribution in [3.8, 4) is 0 Å². The molecule has 2 heteroatoms. The van der Waals surface area contributed by atoms with Gasteiger partial charge in [0.1, 0.15) is 5.78 Å². The molecule has 0 spiro atoms. The van der Waals surface area contributed by atoms with Crippen molar-refractivity contribution in [3.63, 3.8) is 0 Å². The van der Waals surface area contributed by atoms with E-state index in [0.29, 0.717) is 23.7 Å². The molecule has 0 aliphatic heterocycles. The van der Waals surface area contributed by atoms with Crippen LogP contribution in [0, 0.1) is 17.8 Å². The van der Waals surface area contributed by atoms with Gasteiger partial charge in [0.15, 0.2) is 0 Å². The van der Waals surface area contributed by atoms with Crippen molar-refractivity contribution in [1.82, 2.24) is 4.90 Å². The van der Waals surface area contributed by atoms with E-state index in [4.69, 9.17) is 0 Å². The molecule has 0 saturated heterocycles. The molecule has 100 valence electrons. The van der Waals surface area contributed by atoms with Crippen molar-refractivity contribution in [2.24, 2.45) is 17.8 Å². The van der Waals surface area contributed by atoms with Gasteiger partial charge in [0, 0.05) is 24.9 Å². The average molecular weight is 239 g/mol. The van der Waals surface area contributed by atoms with E-state index < -0.39 is 0 Å². The molecule has 1 aliphatic rings. The molecule has 3 unspecified atom stereocenters. The lowest BCUT2D eigenvalue weighted by Crippen LogP contribution is -2.42. The molecule has 0 N–H and O–H groups in total. The highest BCUT2D eigenvalue weighted by Crippen LogP contribution is 2.31. The van der Waals surface area contributed by atoms with Crippen LogP contribution in [0.15, 0.2) is 0 Å². The van der Waals surface area contributed by atoms with Gasteiger partial charge >= 0.3 is 0 Å². The maximum absolute atomic E-state index is 12.1. The average Bonchev–Trinajstić information content (AvgIpc) is 2.25. The SMILES string of the molecule is CCC(CC)N(C)CC1C(=O)CC(C)CC1C. The monoisotopic (exact) mass is 239 g/mol. The Morgan fingerprint density at radius 1 is 1.29 bits per heavy atom. The van der Waals surface area contributed by atoms with Gasteiger partial charge in [-0.2, -0.15) is 0 Å². The number of nitrogens with zero attached hydrogens (tertiary/aromatic N) is 1. The number of carbonyl (C=O) groups excluding carboxylic acids is 1. The van der Waals surface area contributed by atoms with Gasteiger partial charge in [0.05, 0.1) is 0 Å². The Hall–Kier alpha value is -0.370. The highest BCUT2D eigenvalue weighted by molar-refractivity contribution is 5.82. The third-order valence-corrected chi connectivity index (χ3v) is 4.47. The summed E-state index contributed by atoms with van der Waals surface area (Å²) in [5, 5.41) is 0. The molecule has 0 aromatic heterocycles. The van der Waals surface area contributed by atoms with Gasteiger partial charge in [-0.3, -0.25) is 4.79 Å². The number of Topliss-reactive ketones (excluding diaryl/α,β-unsaturated/α-hetero) is 1. The predicted molar refractivity (Wildman–Crippen MR) is 73.1 cm³/mol. The minimum atomic E-state index is 0.275. The van der Waals surface area contributed by atoms with Crippen molar-refractivity contribution in [3.05, 3.63) is 0 Å². The first-order valence-corrected chi connectivity index (χ1v) is 7.22. The van der Waals surface area contributed by atoms with Crippen LogP contribution in [0.3, 0.4) is 0 Å². The Labute approximate surface area is 107 Å². The van der Waals surface area contributed by atoms with Crippen LogP contribution in [0.2, 0.25) is 0 Å². The van der Waals surface area contributed by atoms with Gasteiger partial charge < -0.3 is 4.90 Å². The maximum atomic E-state index is 12.1. The summed E-state index contributed by atoms with van der Waals surface area (Å²) in [5.74, 6) is 1.92. The molecule has 0 bridgehead atoms. The van der Waals surface area contributed by atoms with E-state index in [0.717, 1.165) is 13.0 Å². The summed E-state index contributed by atoms with van der Waals surface area (Å²) >= 11 is 0. The van der Waals surface area contributed by atoms with Crippen LogP contribution in [-0.4, -0.2) is 30.3 Å². The van der Waals surface area contributed by atoms with Crippen molar-refractivity contribution in [2.45, 2.75) is 59.4 Å². The molecule has 2 nitrogen and oxygen atoms in total. The minimum absolute atomic E-state index is 0.275. The molecule has 17 heavy (non-hydrogen) atoms. The van der Waals surface area contributed by atoms with Gasteiger partial charge in [0.25, 0.3) is 0 Å². The first-order valence-electron chi connectivity index (χ1n) is 7.22. The third kappa shape index (κ3) is 3.80. The van der Waals surface area contributed by atoms with E-state index in [1.807, 2.05) is 0 Å². The van der Waals surface area contributed by atoms with E-state index in [1.54, 1.807) is 0 Å². The summed E-state index contributed by atoms with van der Waals surface area (Å²) in [5.41, 5.74) is 0. The molecule has 1 saturated carbocycles. The molecular weight excluding hydrogens is 210 g/mol. The third-order valence-electron chi connectivity index (χ3n) is 4.47. The first-order chi connectivity index (χ1) is 7.99. The summed E-state index contributed by atoms with van der Waals surface area (Å²) in [7, 11) is 2.18. The van der Waals surface area contributed by atoms with E-state index in [2.05, 4.69) is 39.6 Å². The quantitative estimate of drug-likeness (QED) is 0.733. The second kappa shape index (κ2) is 6.53. The van der Waals surface area contributed by atoms with Crippen molar-refractivity contribution in [1.29, 1.82) is 0 Å². The van der Waals surface area contributed by atoms with Gasteiger partial charge in [-0.25, -0.2) is 0 Å². The van der Waals surface area contributed by atoms with Gasteiger partial charge in [-0.1, -0.05) is 27.7 Å². The fourth-order valence-corrected chi connectivity index (χ4v) is 3.35. The highest BCUT2D eigenvalue weighted by Gasteiger charge is 2.33. The maximum Gasteiger partial charge on any atom is 0.137 e. The standard InChI is InChI=1S/C15H29NO/c1-6-13(7-2)16(5)10-14-12(4)8-11(3)9-15(14)17/h11-14H,6-10H2,1-5H3. The number of carbonyl (C=O) groups is 1. The Balaban J connectivity index is 2.57. The molecule has 1 fully saturated rings. The Kier molecular flexibility index (Phi) is 5.64. The van der Waals surface area contributed by atoms with Crippen LogP contribution in [0.5, 0.6) is 0 Å². The zero-order valence-electron chi connectivity index (χ0n) is 12.2. The fraction of sp³-hybridized carbons (Fsp3) is 0.933. The Bertz CT molecular complexity index is 247. The summed E-state index contributed by atoms with van der Waals surface area (Å²) in [6, 6.07) is 0.634. The van der Waals surface area contributed by atoms with E-state index in [1.165, 1.54) is 19.3 Å². The lowest BCUT2D eigenvalue weighted by atomic mass is 9.74. The Morgan fingerprint density at radius 2 is 1.88 bits per heavy atom. The zero-order valence-corrected chi connectivity index (χ0v) is 12.2. The fourth-order valence-electron chi connectivity index (χ4n) is 3.35. The second-order valence-corrected chi connectivity index (χ2v) is 6.00. The van der Waals surface area contributed by atoms with Gasteiger partial charge in [-0.05, 0) is 38.1 Å². The molecule has 0 radical (unpaired) electrons. The van der Waals surface area contributed by atoms with Crippen LogP contribution in [0.1, 0.15) is 53.4 Å².